The fourth-order valence-corrected chi connectivity index (χ4v) is 1.09. The van der Waals surface area contributed by atoms with Crippen molar-refractivity contribution >= 4 is 6.29 Å². The molecule has 0 saturated carbocycles. The smallest absolute Gasteiger partial charge is 0.153 e. The molecule has 0 amide bonds. The Morgan fingerprint density at radius 3 is 2.64 bits per heavy atom. The molecule has 0 aliphatic heterocycles. The lowest BCUT2D eigenvalue weighted by Crippen LogP contribution is -1.98. The van der Waals surface area contributed by atoms with E-state index in [4.69, 9.17) is 10.5 Å². The van der Waals surface area contributed by atoms with Crippen molar-refractivity contribution in [2.45, 2.75) is 6.42 Å². The van der Waals surface area contributed by atoms with Crippen LogP contribution in [0.4, 0.5) is 4.39 Å². The SMILES string of the molecule is N#CCc1c(C#N)ccc(C=O)c1F. The second-order valence-electron chi connectivity index (χ2n) is 2.56. The van der Waals surface area contributed by atoms with Gasteiger partial charge in [0, 0.05) is 5.56 Å². The van der Waals surface area contributed by atoms with E-state index in [2.05, 4.69) is 0 Å². The molecule has 14 heavy (non-hydrogen) atoms. The first kappa shape index (κ1) is 9.88. The van der Waals surface area contributed by atoms with Gasteiger partial charge in [0.05, 0.1) is 29.7 Å². The first-order chi connectivity index (χ1) is 6.74. The van der Waals surface area contributed by atoms with Gasteiger partial charge < -0.3 is 0 Å². The number of benzene rings is 1. The molecule has 3 nitrogen and oxygen atoms in total. The topological polar surface area (TPSA) is 64.7 Å². The van der Waals surface area contributed by atoms with Crippen LogP contribution >= 0.6 is 0 Å². The van der Waals surface area contributed by atoms with E-state index in [0.717, 1.165) is 0 Å². The minimum absolute atomic E-state index is 0.0143. The zero-order chi connectivity index (χ0) is 10.6. The highest BCUT2D eigenvalue weighted by atomic mass is 19.1. The van der Waals surface area contributed by atoms with Crippen molar-refractivity contribution in [2.24, 2.45) is 0 Å². The van der Waals surface area contributed by atoms with Gasteiger partial charge in [-0.3, -0.25) is 4.79 Å². The third kappa shape index (κ3) is 1.60. The molecule has 0 spiro atoms. The van der Waals surface area contributed by atoms with Crippen LogP contribution in [-0.2, 0) is 6.42 Å². The van der Waals surface area contributed by atoms with E-state index in [1.807, 2.05) is 0 Å². The Bertz CT molecular complexity index is 454. The molecule has 0 heterocycles. The van der Waals surface area contributed by atoms with Gasteiger partial charge in [-0.2, -0.15) is 10.5 Å². The zero-order valence-corrected chi connectivity index (χ0v) is 7.12. The van der Waals surface area contributed by atoms with Gasteiger partial charge in [-0.05, 0) is 12.1 Å². The van der Waals surface area contributed by atoms with Gasteiger partial charge in [-0.25, -0.2) is 4.39 Å². The van der Waals surface area contributed by atoms with Gasteiger partial charge in [0.2, 0.25) is 0 Å². The van der Waals surface area contributed by atoms with E-state index < -0.39 is 5.82 Å². The second-order valence-corrected chi connectivity index (χ2v) is 2.56. The monoisotopic (exact) mass is 188 g/mol. The molecular formula is C10H5FN2O. The summed E-state index contributed by atoms with van der Waals surface area (Å²) in [7, 11) is 0. The molecule has 0 aromatic heterocycles. The maximum atomic E-state index is 13.4. The molecule has 1 aromatic carbocycles. The van der Waals surface area contributed by atoms with Crippen LogP contribution in [-0.4, -0.2) is 6.29 Å². The number of hydrogen-bond donors (Lipinski definition) is 0. The summed E-state index contributed by atoms with van der Waals surface area (Å²) in [6, 6.07) is 6.07. The molecule has 0 saturated heterocycles. The summed E-state index contributed by atoms with van der Waals surface area (Å²) < 4.78 is 13.4. The van der Waals surface area contributed by atoms with Crippen LogP contribution in [0.1, 0.15) is 21.5 Å². The Kier molecular flexibility index (Phi) is 2.93. The van der Waals surface area contributed by atoms with E-state index in [1.54, 1.807) is 12.1 Å². The number of rotatable bonds is 2. The number of halogens is 1. The molecular weight excluding hydrogens is 183 g/mol. The van der Waals surface area contributed by atoms with Crippen LogP contribution in [0.25, 0.3) is 0 Å². The van der Waals surface area contributed by atoms with Crippen LogP contribution in [0.5, 0.6) is 0 Å². The third-order valence-electron chi connectivity index (χ3n) is 1.78. The van der Waals surface area contributed by atoms with Crippen molar-refractivity contribution < 1.29 is 9.18 Å². The van der Waals surface area contributed by atoms with Crippen LogP contribution in [0.2, 0.25) is 0 Å². The van der Waals surface area contributed by atoms with Crippen LogP contribution < -0.4 is 0 Å². The summed E-state index contributed by atoms with van der Waals surface area (Å²) in [5, 5.41) is 17.0. The van der Waals surface area contributed by atoms with E-state index in [0.29, 0.717) is 6.29 Å². The average Bonchev–Trinajstić information content (AvgIpc) is 2.21. The molecule has 0 atom stereocenters. The Morgan fingerprint density at radius 2 is 2.14 bits per heavy atom. The molecule has 1 rings (SSSR count). The molecule has 1 aromatic rings. The highest BCUT2D eigenvalue weighted by Gasteiger charge is 2.12. The molecule has 68 valence electrons. The van der Waals surface area contributed by atoms with E-state index >= 15 is 0 Å². The highest BCUT2D eigenvalue weighted by Crippen LogP contribution is 2.16. The number of nitriles is 2. The predicted molar refractivity (Wildman–Crippen MR) is 45.8 cm³/mol. The molecule has 0 aliphatic carbocycles. The fourth-order valence-electron chi connectivity index (χ4n) is 1.09. The summed E-state index contributed by atoms with van der Waals surface area (Å²) in [4.78, 5) is 10.4. The van der Waals surface area contributed by atoms with Gasteiger partial charge in [0.25, 0.3) is 0 Å². The Labute approximate surface area is 80.0 Å². The normalized spacial score (nSPS) is 8.79. The molecule has 0 aliphatic rings. The lowest BCUT2D eigenvalue weighted by molar-refractivity contribution is 0.111. The number of carbonyl (C=O) groups is 1. The minimum Gasteiger partial charge on any atom is -0.298 e. The fraction of sp³-hybridized carbons (Fsp3) is 0.100. The number of carbonyl (C=O) groups excluding carboxylic acids is 1. The summed E-state index contributed by atoms with van der Waals surface area (Å²) in [5.74, 6) is -0.777. The molecule has 0 fully saturated rings. The van der Waals surface area contributed by atoms with Crippen molar-refractivity contribution in [3.63, 3.8) is 0 Å². The Balaban J connectivity index is 3.41. The maximum Gasteiger partial charge on any atom is 0.153 e. The van der Waals surface area contributed by atoms with E-state index in [-0.39, 0.29) is 23.1 Å². The predicted octanol–water partition coefficient (Wildman–Crippen LogP) is 1.58. The average molecular weight is 188 g/mol. The zero-order valence-electron chi connectivity index (χ0n) is 7.12. The third-order valence-corrected chi connectivity index (χ3v) is 1.78. The summed E-state index contributed by atoms with van der Waals surface area (Å²) >= 11 is 0. The van der Waals surface area contributed by atoms with Crippen molar-refractivity contribution in [3.8, 4) is 12.1 Å². The first-order valence-corrected chi connectivity index (χ1v) is 3.78. The molecule has 0 bridgehead atoms. The Hall–Kier alpha value is -2.20. The summed E-state index contributed by atoms with van der Waals surface area (Å²) in [5.41, 5.74) is -0.0523. The van der Waals surface area contributed by atoms with E-state index in [9.17, 15) is 9.18 Å². The number of nitrogens with zero attached hydrogens (tertiary/aromatic N) is 2. The minimum atomic E-state index is -0.777. The van der Waals surface area contributed by atoms with Gasteiger partial charge in [0.15, 0.2) is 6.29 Å². The van der Waals surface area contributed by atoms with Gasteiger partial charge in [-0.15, -0.1) is 0 Å². The van der Waals surface area contributed by atoms with Crippen molar-refractivity contribution in [3.05, 3.63) is 34.6 Å². The van der Waals surface area contributed by atoms with Gasteiger partial charge in [0.1, 0.15) is 5.82 Å². The molecule has 4 heteroatoms. The van der Waals surface area contributed by atoms with Crippen molar-refractivity contribution in [2.75, 3.05) is 0 Å². The second kappa shape index (κ2) is 4.15. The molecule has 0 N–H and O–H groups in total. The number of hydrogen-bond acceptors (Lipinski definition) is 3. The largest absolute Gasteiger partial charge is 0.298 e. The van der Waals surface area contributed by atoms with Crippen LogP contribution in [0, 0.1) is 28.5 Å². The highest BCUT2D eigenvalue weighted by molar-refractivity contribution is 5.76. The maximum absolute atomic E-state index is 13.4. The van der Waals surface area contributed by atoms with Crippen molar-refractivity contribution in [1.29, 1.82) is 10.5 Å². The van der Waals surface area contributed by atoms with Gasteiger partial charge in [-0.1, -0.05) is 0 Å². The van der Waals surface area contributed by atoms with Crippen LogP contribution in [0.3, 0.4) is 0 Å². The first-order valence-electron chi connectivity index (χ1n) is 3.78. The quantitative estimate of drug-likeness (QED) is 0.661. The lowest BCUT2D eigenvalue weighted by atomic mass is 10.0. The van der Waals surface area contributed by atoms with E-state index in [1.165, 1.54) is 12.1 Å². The Morgan fingerprint density at radius 1 is 1.43 bits per heavy atom. The molecule has 0 unspecified atom stereocenters. The van der Waals surface area contributed by atoms with Crippen molar-refractivity contribution in [1.82, 2.24) is 0 Å². The summed E-state index contributed by atoms with van der Waals surface area (Å²) in [6.45, 7) is 0. The van der Waals surface area contributed by atoms with Crippen LogP contribution in [0.15, 0.2) is 12.1 Å². The summed E-state index contributed by atoms with van der Waals surface area (Å²) in [6.07, 6.45) is 0.147. The van der Waals surface area contributed by atoms with Gasteiger partial charge >= 0.3 is 0 Å². The molecule has 0 radical (unpaired) electrons. The number of aldehydes is 1. The standard InChI is InChI=1S/C10H5FN2O/c11-10-8(6-14)2-1-7(5-13)9(10)3-4-12/h1-2,6H,3H2. The lowest BCUT2D eigenvalue weighted by Gasteiger charge is -2.02.